The van der Waals surface area contributed by atoms with E-state index in [-0.39, 0.29) is 11.1 Å². The Hall–Kier alpha value is -1.68. The molecule has 0 saturated heterocycles. The van der Waals surface area contributed by atoms with E-state index in [4.69, 9.17) is 11.6 Å². The summed E-state index contributed by atoms with van der Waals surface area (Å²) in [5.74, 6) is 0.486. The van der Waals surface area contributed by atoms with E-state index in [0.717, 1.165) is 17.7 Å². The first kappa shape index (κ1) is 12.8. The van der Waals surface area contributed by atoms with Crippen LogP contribution in [0.4, 0.5) is 10.2 Å². The van der Waals surface area contributed by atoms with Gasteiger partial charge in [-0.15, -0.1) is 0 Å². The van der Waals surface area contributed by atoms with Gasteiger partial charge in [-0.2, -0.15) is 0 Å². The number of nitrogens with zero attached hydrogens (tertiary/aromatic N) is 2. The van der Waals surface area contributed by atoms with Gasteiger partial charge in [0.25, 0.3) is 0 Å². The number of hydrogen-bond acceptors (Lipinski definition) is 3. The molecule has 94 valence electrons. The highest BCUT2D eigenvalue weighted by molar-refractivity contribution is 6.28. The normalized spacial score (nSPS) is 10.4. The van der Waals surface area contributed by atoms with E-state index in [1.807, 2.05) is 13.0 Å². The lowest BCUT2D eigenvalue weighted by Gasteiger charge is -2.06. The highest BCUT2D eigenvalue weighted by atomic mass is 35.5. The maximum Gasteiger partial charge on any atom is 0.224 e. The smallest absolute Gasteiger partial charge is 0.224 e. The van der Waals surface area contributed by atoms with Crippen molar-refractivity contribution in [1.29, 1.82) is 0 Å². The summed E-state index contributed by atoms with van der Waals surface area (Å²) in [6.45, 7) is 2.57. The molecule has 1 aromatic heterocycles. The minimum absolute atomic E-state index is 0.218. The minimum Gasteiger partial charge on any atom is -0.370 e. The topological polar surface area (TPSA) is 37.8 Å². The summed E-state index contributed by atoms with van der Waals surface area (Å²) in [7, 11) is 0. The maximum atomic E-state index is 12.7. The second kappa shape index (κ2) is 5.78. The van der Waals surface area contributed by atoms with Gasteiger partial charge in [-0.25, -0.2) is 14.4 Å². The molecular weight excluding hydrogens is 253 g/mol. The van der Waals surface area contributed by atoms with Crippen molar-refractivity contribution in [3.05, 3.63) is 52.7 Å². The van der Waals surface area contributed by atoms with Gasteiger partial charge in [0.15, 0.2) is 0 Å². The first-order valence-corrected chi connectivity index (χ1v) is 6.01. The molecule has 5 heteroatoms. The van der Waals surface area contributed by atoms with Crippen molar-refractivity contribution >= 4 is 17.4 Å². The fourth-order valence-electron chi connectivity index (χ4n) is 1.61. The van der Waals surface area contributed by atoms with Gasteiger partial charge in [0, 0.05) is 18.3 Å². The molecule has 0 aliphatic heterocycles. The van der Waals surface area contributed by atoms with Crippen molar-refractivity contribution < 1.29 is 4.39 Å². The van der Waals surface area contributed by atoms with Crippen LogP contribution in [0.25, 0.3) is 0 Å². The van der Waals surface area contributed by atoms with E-state index in [1.165, 1.54) is 12.1 Å². The number of hydrogen-bond donors (Lipinski definition) is 1. The zero-order valence-corrected chi connectivity index (χ0v) is 10.7. The van der Waals surface area contributed by atoms with Gasteiger partial charge in [0.05, 0.1) is 0 Å². The Morgan fingerprint density at radius 2 is 1.94 bits per heavy atom. The molecule has 0 unspecified atom stereocenters. The number of anilines is 1. The van der Waals surface area contributed by atoms with Crippen molar-refractivity contribution in [2.45, 2.75) is 13.3 Å². The molecule has 1 N–H and O–H groups in total. The van der Waals surface area contributed by atoms with E-state index in [1.54, 1.807) is 12.1 Å². The molecule has 0 radical (unpaired) electrons. The Balaban J connectivity index is 1.90. The van der Waals surface area contributed by atoms with Crippen LogP contribution in [-0.4, -0.2) is 16.5 Å². The third-order valence-corrected chi connectivity index (χ3v) is 2.63. The first-order chi connectivity index (χ1) is 8.63. The van der Waals surface area contributed by atoms with E-state index in [9.17, 15) is 4.39 Å². The van der Waals surface area contributed by atoms with E-state index >= 15 is 0 Å². The molecule has 0 saturated carbocycles. The minimum atomic E-state index is -0.218. The zero-order valence-electron chi connectivity index (χ0n) is 9.95. The molecule has 2 rings (SSSR count). The maximum absolute atomic E-state index is 12.7. The van der Waals surface area contributed by atoms with Crippen LogP contribution in [0.5, 0.6) is 0 Å². The van der Waals surface area contributed by atoms with Crippen LogP contribution in [0, 0.1) is 12.7 Å². The molecule has 1 heterocycles. The predicted molar refractivity (Wildman–Crippen MR) is 70.4 cm³/mol. The van der Waals surface area contributed by atoms with Gasteiger partial charge in [0.1, 0.15) is 11.6 Å². The van der Waals surface area contributed by atoms with Gasteiger partial charge in [0.2, 0.25) is 5.28 Å². The zero-order chi connectivity index (χ0) is 13.0. The van der Waals surface area contributed by atoms with Crippen molar-refractivity contribution in [2.75, 3.05) is 11.9 Å². The molecule has 18 heavy (non-hydrogen) atoms. The van der Waals surface area contributed by atoms with E-state index in [0.29, 0.717) is 12.4 Å². The highest BCUT2D eigenvalue weighted by Gasteiger charge is 2.00. The summed E-state index contributed by atoms with van der Waals surface area (Å²) >= 11 is 5.76. The second-order valence-electron chi connectivity index (χ2n) is 3.97. The fourth-order valence-corrected chi connectivity index (χ4v) is 1.83. The van der Waals surface area contributed by atoms with Crippen molar-refractivity contribution in [2.24, 2.45) is 0 Å². The monoisotopic (exact) mass is 265 g/mol. The molecule has 0 amide bonds. The van der Waals surface area contributed by atoms with Crippen LogP contribution >= 0.6 is 11.6 Å². The fraction of sp³-hybridized carbons (Fsp3) is 0.231. The summed E-state index contributed by atoms with van der Waals surface area (Å²) in [6, 6.07) is 8.29. The van der Waals surface area contributed by atoms with Crippen LogP contribution in [0.15, 0.2) is 30.3 Å². The lowest BCUT2D eigenvalue weighted by molar-refractivity contribution is 0.627. The Kier molecular flexibility index (Phi) is 4.10. The van der Waals surface area contributed by atoms with Gasteiger partial charge >= 0.3 is 0 Å². The van der Waals surface area contributed by atoms with Crippen LogP contribution in [0.2, 0.25) is 5.28 Å². The highest BCUT2D eigenvalue weighted by Crippen LogP contribution is 2.10. The summed E-state index contributed by atoms with van der Waals surface area (Å²) in [6.07, 6.45) is 0.793. The lowest BCUT2D eigenvalue weighted by Crippen LogP contribution is -2.07. The molecule has 2 aromatic rings. The number of aryl methyl sites for hydroxylation is 1. The quantitative estimate of drug-likeness (QED) is 0.863. The van der Waals surface area contributed by atoms with Crippen LogP contribution in [0.3, 0.4) is 0 Å². The summed E-state index contributed by atoms with van der Waals surface area (Å²) < 4.78 is 12.7. The first-order valence-electron chi connectivity index (χ1n) is 5.63. The number of halogens is 2. The van der Waals surface area contributed by atoms with Crippen LogP contribution in [0.1, 0.15) is 11.3 Å². The number of nitrogens with one attached hydrogen (secondary N) is 1. The summed E-state index contributed by atoms with van der Waals surface area (Å²) in [5, 5.41) is 3.40. The predicted octanol–water partition coefficient (Wildman–Crippen LogP) is 3.23. The number of benzene rings is 1. The Morgan fingerprint density at radius 3 is 2.61 bits per heavy atom. The average Bonchev–Trinajstić information content (AvgIpc) is 2.30. The number of rotatable bonds is 4. The van der Waals surface area contributed by atoms with Crippen molar-refractivity contribution in [3.63, 3.8) is 0 Å². The van der Waals surface area contributed by atoms with Gasteiger partial charge in [-0.1, -0.05) is 12.1 Å². The Bertz CT molecular complexity index is 508. The van der Waals surface area contributed by atoms with Gasteiger partial charge < -0.3 is 5.32 Å². The van der Waals surface area contributed by atoms with E-state index in [2.05, 4.69) is 15.3 Å². The molecule has 0 aliphatic carbocycles. The molecule has 1 aromatic carbocycles. The Labute approximate surface area is 110 Å². The van der Waals surface area contributed by atoms with Crippen molar-refractivity contribution in [1.82, 2.24) is 9.97 Å². The standard InChI is InChI=1S/C13H13ClFN3/c1-9-8-12(18-13(14)17-9)16-7-6-10-2-4-11(15)5-3-10/h2-5,8H,6-7H2,1H3,(H,16,17,18). The van der Waals surface area contributed by atoms with Gasteiger partial charge in [-0.05, 0) is 42.6 Å². The second-order valence-corrected chi connectivity index (χ2v) is 4.30. The SMILES string of the molecule is Cc1cc(NCCc2ccc(F)cc2)nc(Cl)n1. The molecular formula is C13H13ClFN3. The number of aromatic nitrogens is 2. The lowest BCUT2D eigenvalue weighted by atomic mass is 10.1. The molecule has 0 fully saturated rings. The average molecular weight is 266 g/mol. The van der Waals surface area contributed by atoms with Gasteiger partial charge in [-0.3, -0.25) is 0 Å². The Morgan fingerprint density at radius 1 is 1.22 bits per heavy atom. The van der Waals surface area contributed by atoms with Crippen molar-refractivity contribution in [3.8, 4) is 0 Å². The van der Waals surface area contributed by atoms with Crippen LogP contribution < -0.4 is 5.32 Å². The largest absolute Gasteiger partial charge is 0.370 e. The van der Waals surface area contributed by atoms with E-state index < -0.39 is 0 Å². The third-order valence-electron chi connectivity index (χ3n) is 2.46. The molecule has 0 aliphatic rings. The van der Waals surface area contributed by atoms with Crippen LogP contribution in [-0.2, 0) is 6.42 Å². The summed E-state index contributed by atoms with van der Waals surface area (Å²) in [5.41, 5.74) is 1.89. The molecule has 0 atom stereocenters. The molecule has 3 nitrogen and oxygen atoms in total. The molecule has 0 bridgehead atoms. The summed E-state index contributed by atoms with van der Waals surface area (Å²) in [4.78, 5) is 8.05. The molecule has 0 spiro atoms. The third kappa shape index (κ3) is 3.67.